The molecule has 0 spiro atoms. The Bertz CT molecular complexity index is 3180. The summed E-state index contributed by atoms with van der Waals surface area (Å²) in [4.78, 5) is 2.40. The van der Waals surface area contributed by atoms with Crippen molar-refractivity contribution < 1.29 is 4.42 Å². The third-order valence-electron chi connectivity index (χ3n) is 11.0. The van der Waals surface area contributed by atoms with Gasteiger partial charge in [-0.2, -0.15) is 0 Å². The van der Waals surface area contributed by atoms with E-state index in [-0.39, 0.29) is 0 Å². The minimum absolute atomic E-state index is 0.898. The predicted octanol–water partition coefficient (Wildman–Crippen LogP) is 14.6. The highest BCUT2D eigenvalue weighted by Crippen LogP contribution is 2.45. The second-order valence-electron chi connectivity index (χ2n) is 14.1. The quantitative estimate of drug-likeness (QED) is 0.172. The highest BCUT2D eigenvalue weighted by atomic mass is 16.3. The highest BCUT2D eigenvalue weighted by molar-refractivity contribution is 6.19. The number of fused-ring (bicyclic) bond motifs is 8. The molecular weight excluding hydrogens is 669 g/mol. The topological polar surface area (TPSA) is 21.3 Å². The van der Waals surface area contributed by atoms with Crippen molar-refractivity contribution in [2.45, 2.75) is 0 Å². The molecule has 0 saturated carbocycles. The van der Waals surface area contributed by atoms with Crippen LogP contribution in [0.15, 0.2) is 211 Å². The lowest BCUT2D eigenvalue weighted by molar-refractivity contribution is 0.669. The average Bonchev–Trinajstić information content (AvgIpc) is 3.81. The smallest absolute Gasteiger partial charge is 0.136 e. The van der Waals surface area contributed by atoms with Gasteiger partial charge in [0.2, 0.25) is 0 Å². The van der Waals surface area contributed by atoms with Crippen LogP contribution in [0.2, 0.25) is 0 Å². The summed E-state index contributed by atoms with van der Waals surface area (Å²) in [5, 5.41) is 7.17. The minimum atomic E-state index is 0.898. The van der Waals surface area contributed by atoms with E-state index < -0.39 is 0 Å². The lowest BCUT2D eigenvalue weighted by Gasteiger charge is -2.27. The Morgan fingerprint density at radius 3 is 1.73 bits per heavy atom. The number of furan rings is 1. The Hall–Kier alpha value is -7.36. The molecule has 0 aliphatic carbocycles. The monoisotopic (exact) mass is 702 g/mol. The molecule has 0 saturated heterocycles. The van der Waals surface area contributed by atoms with Crippen molar-refractivity contribution in [1.29, 1.82) is 0 Å². The fraction of sp³-hybridized carbons (Fsp3) is 0. The normalized spacial score (nSPS) is 11.6. The van der Waals surface area contributed by atoms with E-state index in [0.29, 0.717) is 0 Å². The highest BCUT2D eigenvalue weighted by Gasteiger charge is 2.21. The zero-order valence-electron chi connectivity index (χ0n) is 29.9. The second-order valence-corrected chi connectivity index (χ2v) is 14.1. The minimum Gasteiger partial charge on any atom is -0.456 e. The molecule has 0 aliphatic rings. The van der Waals surface area contributed by atoms with Gasteiger partial charge in [0.1, 0.15) is 11.2 Å². The van der Waals surface area contributed by atoms with Crippen LogP contribution < -0.4 is 4.90 Å². The number of hydrogen-bond acceptors (Lipinski definition) is 2. The second kappa shape index (κ2) is 12.6. The van der Waals surface area contributed by atoms with Crippen molar-refractivity contribution >= 4 is 71.6 Å². The van der Waals surface area contributed by atoms with Crippen LogP contribution in [0, 0.1) is 0 Å². The van der Waals surface area contributed by atoms with Crippen LogP contribution >= 0.6 is 0 Å². The molecule has 0 bridgehead atoms. The molecule has 3 heteroatoms. The van der Waals surface area contributed by atoms with Gasteiger partial charge >= 0.3 is 0 Å². The SMILES string of the molecule is c1ccc(-c2ccc(N(c3ccc(-c4ccc5c(c4)oc4ccc6ccccc6c45)cc3)c3cccc4c3c3ccccc3n4-c3ccccc3)cc2)cc1. The predicted molar refractivity (Wildman–Crippen MR) is 231 cm³/mol. The summed E-state index contributed by atoms with van der Waals surface area (Å²) < 4.78 is 8.82. The Labute approximate surface area is 318 Å². The molecule has 0 fully saturated rings. The first-order chi connectivity index (χ1) is 27.3. The van der Waals surface area contributed by atoms with Gasteiger partial charge < -0.3 is 13.9 Å². The molecule has 0 aliphatic heterocycles. The van der Waals surface area contributed by atoms with Gasteiger partial charge in [0.05, 0.1) is 16.7 Å². The molecule has 258 valence electrons. The maximum atomic E-state index is 6.44. The van der Waals surface area contributed by atoms with Gasteiger partial charge in [-0.3, -0.25) is 0 Å². The fourth-order valence-corrected chi connectivity index (χ4v) is 8.43. The molecule has 2 aromatic heterocycles. The van der Waals surface area contributed by atoms with E-state index in [0.717, 1.165) is 50.4 Å². The van der Waals surface area contributed by atoms with Gasteiger partial charge in [-0.05, 0) is 106 Å². The molecule has 2 heterocycles. The third kappa shape index (κ3) is 5.13. The standard InChI is InChI=1S/C52H34N2O/c1-3-12-35(13-4-1)36-22-28-41(29-23-36)53(47-20-11-21-48-52(47)44-18-9-10-19-46(44)54(48)40-15-5-2-6-16-40)42-30-24-37(25-31-42)39-26-32-45-50(34-39)55-49-33-27-38-14-7-8-17-43(38)51(45)49/h1-34H. The van der Waals surface area contributed by atoms with Crippen LogP contribution in [0.25, 0.3) is 82.5 Å². The number of nitrogens with zero attached hydrogens (tertiary/aromatic N) is 2. The van der Waals surface area contributed by atoms with E-state index in [9.17, 15) is 0 Å². The first kappa shape index (κ1) is 31.2. The Morgan fingerprint density at radius 1 is 0.364 bits per heavy atom. The van der Waals surface area contributed by atoms with E-state index >= 15 is 0 Å². The van der Waals surface area contributed by atoms with E-state index in [1.165, 1.54) is 49.1 Å². The molecular formula is C52H34N2O. The summed E-state index contributed by atoms with van der Waals surface area (Å²) in [6, 6.07) is 73.9. The summed E-state index contributed by atoms with van der Waals surface area (Å²) >= 11 is 0. The van der Waals surface area contributed by atoms with E-state index in [4.69, 9.17) is 4.42 Å². The number of rotatable bonds is 6. The van der Waals surface area contributed by atoms with Crippen LogP contribution in [0.5, 0.6) is 0 Å². The van der Waals surface area contributed by atoms with Crippen LogP contribution in [0.4, 0.5) is 17.1 Å². The van der Waals surface area contributed by atoms with Crippen molar-refractivity contribution in [2.24, 2.45) is 0 Å². The van der Waals surface area contributed by atoms with Gasteiger partial charge in [-0.25, -0.2) is 0 Å². The van der Waals surface area contributed by atoms with Crippen molar-refractivity contribution in [2.75, 3.05) is 4.90 Å². The maximum absolute atomic E-state index is 6.44. The molecule has 11 rings (SSSR count). The van der Waals surface area contributed by atoms with Crippen molar-refractivity contribution in [3.05, 3.63) is 206 Å². The maximum Gasteiger partial charge on any atom is 0.136 e. The Kier molecular flexibility index (Phi) is 7.17. The average molecular weight is 703 g/mol. The van der Waals surface area contributed by atoms with Gasteiger partial charge in [0.15, 0.2) is 0 Å². The molecule has 0 radical (unpaired) electrons. The van der Waals surface area contributed by atoms with E-state index in [2.05, 4.69) is 216 Å². The van der Waals surface area contributed by atoms with Gasteiger partial charge in [0, 0.05) is 38.6 Å². The van der Waals surface area contributed by atoms with Crippen LogP contribution in [-0.2, 0) is 0 Å². The fourth-order valence-electron chi connectivity index (χ4n) is 8.43. The summed E-state index contributed by atoms with van der Waals surface area (Å²) in [7, 11) is 0. The summed E-state index contributed by atoms with van der Waals surface area (Å²) in [6.45, 7) is 0. The van der Waals surface area contributed by atoms with Gasteiger partial charge in [0.25, 0.3) is 0 Å². The molecule has 55 heavy (non-hydrogen) atoms. The zero-order chi connectivity index (χ0) is 36.3. The lowest BCUT2D eigenvalue weighted by atomic mass is 10.0. The number of hydrogen-bond donors (Lipinski definition) is 0. The van der Waals surface area contributed by atoms with Gasteiger partial charge in [-0.15, -0.1) is 0 Å². The number of anilines is 3. The van der Waals surface area contributed by atoms with Crippen LogP contribution in [0.1, 0.15) is 0 Å². The van der Waals surface area contributed by atoms with Crippen molar-refractivity contribution in [3.8, 4) is 27.9 Å². The number of aromatic nitrogens is 1. The zero-order valence-corrected chi connectivity index (χ0v) is 29.9. The molecule has 0 N–H and O–H groups in total. The van der Waals surface area contributed by atoms with Gasteiger partial charge in [-0.1, -0.05) is 133 Å². The van der Waals surface area contributed by atoms with E-state index in [1.54, 1.807) is 0 Å². The van der Waals surface area contributed by atoms with Crippen LogP contribution in [-0.4, -0.2) is 4.57 Å². The molecule has 11 aromatic rings. The number of benzene rings is 9. The van der Waals surface area contributed by atoms with Crippen molar-refractivity contribution in [3.63, 3.8) is 0 Å². The largest absolute Gasteiger partial charge is 0.456 e. The molecule has 0 amide bonds. The molecule has 3 nitrogen and oxygen atoms in total. The summed E-state index contributed by atoms with van der Waals surface area (Å²) in [5.41, 5.74) is 13.2. The summed E-state index contributed by atoms with van der Waals surface area (Å²) in [6.07, 6.45) is 0. The van der Waals surface area contributed by atoms with Crippen LogP contribution in [0.3, 0.4) is 0 Å². The number of para-hydroxylation sites is 2. The molecule has 9 aromatic carbocycles. The third-order valence-corrected chi connectivity index (χ3v) is 11.0. The summed E-state index contributed by atoms with van der Waals surface area (Å²) in [5.74, 6) is 0. The Balaban J connectivity index is 1.06. The molecule has 0 unspecified atom stereocenters. The first-order valence-corrected chi connectivity index (χ1v) is 18.8. The first-order valence-electron chi connectivity index (χ1n) is 18.8. The Morgan fingerprint density at radius 2 is 0.964 bits per heavy atom. The van der Waals surface area contributed by atoms with Crippen molar-refractivity contribution in [1.82, 2.24) is 4.57 Å². The molecule has 0 atom stereocenters. The lowest BCUT2D eigenvalue weighted by Crippen LogP contribution is -2.10. The van der Waals surface area contributed by atoms with E-state index in [1.807, 2.05) is 0 Å².